The first-order valence-electron chi connectivity index (χ1n) is 6.18. The van der Waals surface area contributed by atoms with Gasteiger partial charge in [0.1, 0.15) is 11.6 Å². The van der Waals surface area contributed by atoms with Crippen LogP contribution in [0.2, 0.25) is 0 Å². The van der Waals surface area contributed by atoms with Crippen LogP contribution in [0.3, 0.4) is 0 Å². The first kappa shape index (κ1) is 15.7. The first-order valence-corrected chi connectivity index (χ1v) is 6.18. The third-order valence-electron chi connectivity index (χ3n) is 2.70. The number of hydrogen-bond donors (Lipinski definition) is 2. The number of anilines is 2. The van der Waals surface area contributed by atoms with Crippen molar-refractivity contribution < 1.29 is 22.4 Å². The molecule has 1 aromatic carbocycles. The molecule has 4 nitrogen and oxygen atoms in total. The molecule has 1 aromatic heterocycles. The maximum atomic E-state index is 13.4. The number of nitrogens with zero attached hydrogens (tertiary/aromatic N) is 1. The van der Waals surface area contributed by atoms with E-state index < -0.39 is 12.1 Å². The molecule has 2 aromatic rings. The summed E-state index contributed by atoms with van der Waals surface area (Å²) in [6, 6.07) is 8.81. The predicted octanol–water partition coefficient (Wildman–Crippen LogP) is 3.33. The average molecular weight is 313 g/mol. The van der Waals surface area contributed by atoms with E-state index in [2.05, 4.69) is 10.3 Å². The van der Waals surface area contributed by atoms with Crippen molar-refractivity contribution in [1.29, 1.82) is 0 Å². The number of benzene rings is 1. The molecule has 1 amide bonds. The molecule has 0 aliphatic carbocycles. The Balaban J connectivity index is 1.95. The minimum atomic E-state index is -4.96. The van der Waals surface area contributed by atoms with Crippen LogP contribution in [0.15, 0.2) is 42.6 Å². The van der Waals surface area contributed by atoms with Crippen LogP contribution in [0.1, 0.15) is 5.56 Å². The fourth-order valence-corrected chi connectivity index (χ4v) is 1.60. The Morgan fingerprint density at radius 1 is 1.14 bits per heavy atom. The molecule has 22 heavy (non-hydrogen) atoms. The van der Waals surface area contributed by atoms with E-state index in [-0.39, 0.29) is 18.0 Å². The van der Waals surface area contributed by atoms with Gasteiger partial charge in [-0.15, -0.1) is 0 Å². The number of alkyl halides is 3. The number of halogens is 4. The van der Waals surface area contributed by atoms with E-state index in [1.165, 1.54) is 18.2 Å². The SMILES string of the molecule is O=C(Nc1ccc(NCc2ccccc2F)nc1)C(F)(F)F. The third-order valence-corrected chi connectivity index (χ3v) is 2.70. The summed E-state index contributed by atoms with van der Waals surface area (Å²) in [7, 11) is 0. The van der Waals surface area contributed by atoms with Gasteiger partial charge in [-0.25, -0.2) is 9.37 Å². The van der Waals surface area contributed by atoms with Gasteiger partial charge in [-0.2, -0.15) is 13.2 Å². The van der Waals surface area contributed by atoms with Gasteiger partial charge in [0.05, 0.1) is 11.9 Å². The van der Waals surface area contributed by atoms with E-state index in [9.17, 15) is 22.4 Å². The van der Waals surface area contributed by atoms with Crippen LogP contribution < -0.4 is 10.6 Å². The molecule has 0 atom stereocenters. The van der Waals surface area contributed by atoms with E-state index >= 15 is 0 Å². The van der Waals surface area contributed by atoms with Crippen LogP contribution in [0.5, 0.6) is 0 Å². The summed E-state index contributed by atoms with van der Waals surface area (Å²) in [5.41, 5.74) is 0.345. The fraction of sp³-hybridized carbons (Fsp3) is 0.143. The number of pyridine rings is 1. The smallest absolute Gasteiger partial charge is 0.366 e. The molecule has 0 aliphatic heterocycles. The summed E-state index contributed by atoms with van der Waals surface area (Å²) in [4.78, 5) is 14.6. The summed E-state index contributed by atoms with van der Waals surface area (Å²) >= 11 is 0. The van der Waals surface area contributed by atoms with Gasteiger partial charge in [-0.05, 0) is 18.2 Å². The van der Waals surface area contributed by atoms with Crippen LogP contribution in [0.25, 0.3) is 0 Å². The van der Waals surface area contributed by atoms with Crippen molar-refractivity contribution in [3.05, 3.63) is 54.0 Å². The molecule has 2 rings (SSSR count). The molecule has 2 N–H and O–H groups in total. The molecule has 0 aliphatic rings. The zero-order valence-corrected chi connectivity index (χ0v) is 11.1. The largest absolute Gasteiger partial charge is 0.471 e. The van der Waals surface area contributed by atoms with E-state index in [0.717, 1.165) is 6.20 Å². The Morgan fingerprint density at radius 3 is 2.45 bits per heavy atom. The zero-order valence-electron chi connectivity index (χ0n) is 11.1. The minimum Gasteiger partial charge on any atom is -0.366 e. The first-order chi connectivity index (χ1) is 10.4. The lowest BCUT2D eigenvalue weighted by Gasteiger charge is -2.09. The normalized spacial score (nSPS) is 11.1. The molecule has 0 saturated heterocycles. The highest BCUT2D eigenvalue weighted by Gasteiger charge is 2.38. The topological polar surface area (TPSA) is 54.0 Å². The summed E-state index contributed by atoms with van der Waals surface area (Å²) in [6.45, 7) is 0.175. The summed E-state index contributed by atoms with van der Waals surface area (Å²) in [6.07, 6.45) is -3.88. The highest BCUT2D eigenvalue weighted by Crippen LogP contribution is 2.18. The van der Waals surface area contributed by atoms with Gasteiger partial charge in [-0.1, -0.05) is 18.2 Å². The Morgan fingerprint density at radius 2 is 1.86 bits per heavy atom. The minimum absolute atomic E-state index is 0.0845. The van der Waals surface area contributed by atoms with Gasteiger partial charge in [0.2, 0.25) is 0 Å². The van der Waals surface area contributed by atoms with Crippen molar-refractivity contribution in [3.63, 3.8) is 0 Å². The summed E-state index contributed by atoms with van der Waals surface area (Å²) in [5, 5.41) is 4.50. The van der Waals surface area contributed by atoms with Crippen molar-refractivity contribution in [2.75, 3.05) is 10.6 Å². The number of aromatic nitrogens is 1. The average Bonchev–Trinajstić information content (AvgIpc) is 2.47. The van der Waals surface area contributed by atoms with Crippen LogP contribution in [-0.4, -0.2) is 17.1 Å². The Labute approximate surface area is 123 Å². The molecule has 0 fully saturated rings. The Hall–Kier alpha value is -2.64. The molecule has 0 saturated carbocycles. The Kier molecular flexibility index (Phi) is 4.59. The van der Waals surface area contributed by atoms with E-state index in [4.69, 9.17) is 0 Å². The van der Waals surface area contributed by atoms with Crippen molar-refractivity contribution in [2.45, 2.75) is 12.7 Å². The second-order valence-corrected chi connectivity index (χ2v) is 4.33. The highest BCUT2D eigenvalue weighted by molar-refractivity contribution is 5.94. The lowest BCUT2D eigenvalue weighted by atomic mass is 10.2. The number of carbonyl (C=O) groups excluding carboxylic acids is 1. The van der Waals surface area contributed by atoms with Gasteiger partial charge in [0.15, 0.2) is 0 Å². The van der Waals surface area contributed by atoms with Gasteiger partial charge >= 0.3 is 12.1 Å². The van der Waals surface area contributed by atoms with Gasteiger partial charge in [-0.3, -0.25) is 4.79 Å². The summed E-state index contributed by atoms with van der Waals surface area (Å²) in [5.74, 6) is -2.10. The molecule has 1 heterocycles. The van der Waals surface area contributed by atoms with E-state index in [0.29, 0.717) is 11.4 Å². The summed E-state index contributed by atoms with van der Waals surface area (Å²) < 4.78 is 49.6. The van der Waals surface area contributed by atoms with Crippen molar-refractivity contribution in [3.8, 4) is 0 Å². The Bertz CT molecular complexity index is 656. The highest BCUT2D eigenvalue weighted by atomic mass is 19.4. The van der Waals surface area contributed by atoms with Gasteiger partial charge in [0, 0.05) is 12.1 Å². The van der Waals surface area contributed by atoms with E-state index in [1.54, 1.807) is 23.5 Å². The van der Waals surface area contributed by atoms with Crippen LogP contribution in [0.4, 0.5) is 29.1 Å². The molecule has 116 valence electrons. The number of amides is 1. The maximum Gasteiger partial charge on any atom is 0.471 e. The second-order valence-electron chi connectivity index (χ2n) is 4.33. The van der Waals surface area contributed by atoms with Crippen LogP contribution in [-0.2, 0) is 11.3 Å². The van der Waals surface area contributed by atoms with Crippen molar-refractivity contribution in [1.82, 2.24) is 4.98 Å². The third kappa shape index (κ3) is 4.18. The molecule has 8 heteroatoms. The van der Waals surface area contributed by atoms with Crippen LogP contribution >= 0.6 is 0 Å². The van der Waals surface area contributed by atoms with Gasteiger partial charge < -0.3 is 10.6 Å². The molecular weight excluding hydrogens is 302 g/mol. The number of hydrogen-bond acceptors (Lipinski definition) is 3. The molecule has 0 radical (unpaired) electrons. The molecule has 0 spiro atoms. The molecule has 0 bridgehead atoms. The number of rotatable bonds is 4. The second kappa shape index (κ2) is 6.42. The van der Waals surface area contributed by atoms with E-state index in [1.807, 2.05) is 0 Å². The van der Waals surface area contributed by atoms with Crippen molar-refractivity contribution >= 4 is 17.4 Å². The van der Waals surface area contributed by atoms with Crippen LogP contribution in [0, 0.1) is 5.82 Å². The predicted molar refractivity (Wildman–Crippen MR) is 72.6 cm³/mol. The molecule has 0 unspecified atom stereocenters. The molecular formula is C14H11F4N3O. The maximum absolute atomic E-state index is 13.4. The lowest BCUT2D eigenvalue weighted by molar-refractivity contribution is -0.167. The monoisotopic (exact) mass is 313 g/mol. The fourth-order valence-electron chi connectivity index (χ4n) is 1.60. The van der Waals surface area contributed by atoms with Crippen molar-refractivity contribution in [2.24, 2.45) is 0 Å². The lowest BCUT2D eigenvalue weighted by Crippen LogP contribution is -2.29. The quantitative estimate of drug-likeness (QED) is 0.851. The van der Waals surface area contributed by atoms with Gasteiger partial charge in [0.25, 0.3) is 0 Å². The number of nitrogens with one attached hydrogen (secondary N) is 2. The zero-order chi connectivity index (χ0) is 16.2. The number of carbonyl (C=O) groups is 1. The standard InChI is InChI=1S/C14H11F4N3O/c15-11-4-2-1-3-9(11)7-19-12-6-5-10(8-20-12)21-13(22)14(16,17)18/h1-6,8H,7H2,(H,19,20)(H,21,22).